The lowest BCUT2D eigenvalue weighted by molar-refractivity contribution is 0.0125. The van der Waals surface area contributed by atoms with E-state index < -0.39 is 5.60 Å². The Morgan fingerprint density at radius 1 is 1.22 bits per heavy atom. The van der Waals surface area contributed by atoms with Crippen LogP contribution in [0.2, 0.25) is 0 Å². The first-order chi connectivity index (χ1) is 13.0. The van der Waals surface area contributed by atoms with Crippen LogP contribution in [-0.2, 0) is 20.5 Å². The van der Waals surface area contributed by atoms with Gasteiger partial charge < -0.3 is 24.3 Å². The fourth-order valence-corrected chi connectivity index (χ4v) is 4.13. The molecule has 3 heterocycles. The van der Waals surface area contributed by atoms with Crippen LogP contribution in [0.3, 0.4) is 0 Å². The summed E-state index contributed by atoms with van der Waals surface area (Å²) in [7, 11) is 1.67. The number of methoxy groups -OCH3 is 1. The molecule has 0 amide bonds. The monoisotopic (exact) mass is 391 g/mol. The van der Waals surface area contributed by atoms with Crippen molar-refractivity contribution in [3.05, 3.63) is 29.6 Å². The van der Waals surface area contributed by atoms with Crippen LogP contribution < -0.4 is 14.8 Å². The van der Waals surface area contributed by atoms with E-state index in [2.05, 4.69) is 26.8 Å². The second-order valence-electron chi connectivity index (χ2n) is 7.45. The predicted molar refractivity (Wildman–Crippen MR) is 103 cm³/mol. The lowest BCUT2D eigenvalue weighted by Gasteiger charge is -2.38. The number of benzene rings is 1. The topological polar surface area (TPSA) is 74.7 Å². The number of hydrogen-bond acceptors (Lipinski definition) is 8. The van der Waals surface area contributed by atoms with E-state index in [1.807, 2.05) is 19.9 Å². The van der Waals surface area contributed by atoms with Gasteiger partial charge in [0.05, 0.1) is 0 Å². The molecule has 1 N–H and O–H groups in total. The van der Waals surface area contributed by atoms with Crippen LogP contribution in [-0.4, -0.2) is 43.0 Å². The Morgan fingerprint density at radius 2 is 2.00 bits per heavy atom. The zero-order valence-corrected chi connectivity index (χ0v) is 16.7. The van der Waals surface area contributed by atoms with Gasteiger partial charge in [-0.15, -0.1) is 0 Å². The van der Waals surface area contributed by atoms with E-state index in [0.717, 1.165) is 49.2 Å². The second kappa shape index (κ2) is 7.26. The van der Waals surface area contributed by atoms with E-state index in [9.17, 15) is 0 Å². The molecule has 0 aliphatic carbocycles. The van der Waals surface area contributed by atoms with Gasteiger partial charge in [-0.2, -0.15) is 4.37 Å². The number of rotatable bonds is 6. The van der Waals surface area contributed by atoms with Gasteiger partial charge in [0.2, 0.25) is 11.9 Å². The summed E-state index contributed by atoms with van der Waals surface area (Å²) in [5.74, 6) is 2.32. The van der Waals surface area contributed by atoms with Crippen molar-refractivity contribution < 1.29 is 18.9 Å². The molecule has 0 bridgehead atoms. The summed E-state index contributed by atoms with van der Waals surface area (Å²) >= 11 is 1.37. The fraction of sp³-hybridized carbons (Fsp3) is 0.579. The molecule has 1 aromatic carbocycles. The molecule has 0 spiro atoms. The smallest absolute Gasteiger partial charge is 0.231 e. The normalized spacial score (nSPS) is 18.5. The number of hydrogen-bond donors (Lipinski definition) is 1. The van der Waals surface area contributed by atoms with Crippen molar-refractivity contribution in [3.8, 4) is 11.5 Å². The Labute approximate surface area is 163 Å². The van der Waals surface area contributed by atoms with Crippen molar-refractivity contribution in [2.24, 2.45) is 0 Å². The van der Waals surface area contributed by atoms with Crippen molar-refractivity contribution in [3.63, 3.8) is 0 Å². The molecule has 0 atom stereocenters. The lowest BCUT2D eigenvalue weighted by Crippen LogP contribution is -2.40. The van der Waals surface area contributed by atoms with Crippen LogP contribution in [0.5, 0.6) is 11.5 Å². The summed E-state index contributed by atoms with van der Waals surface area (Å²) in [6.45, 7) is 6.47. The average molecular weight is 391 g/mol. The summed E-state index contributed by atoms with van der Waals surface area (Å²) in [5.41, 5.74) is 0.705. The van der Waals surface area contributed by atoms with Crippen molar-refractivity contribution >= 4 is 16.7 Å². The third-order valence-corrected chi connectivity index (χ3v) is 6.16. The van der Waals surface area contributed by atoms with Crippen LogP contribution in [0.4, 0.5) is 5.13 Å². The second-order valence-corrected chi connectivity index (χ2v) is 8.20. The van der Waals surface area contributed by atoms with Gasteiger partial charge in [0.15, 0.2) is 17.3 Å². The molecule has 146 valence electrons. The van der Waals surface area contributed by atoms with E-state index in [1.165, 1.54) is 17.1 Å². The van der Waals surface area contributed by atoms with Crippen LogP contribution in [0.1, 0.15) is 38.1 Å². The minimum Gasteiger partial charge on any atom is -0.454 e. The first kappa shape index (κ1) is 18.5. The first-order valence-electron chi connectivity index (χ1n) is 9.14. The number of ether oxygens (including phenoxy) is 4. The highest BCUT2D eigenvalue weighted by molar-refractivity contribution is 7.09. The summed E-state index contributed by atoms with van der Waals surface area (Å²) in [5, 5.41) is 4.31. The van der Waals surface area contributed by atoms with E-state index in [4.69, 9.17) is 18.9 Å². The van der Waals surface area contributed by atoms with Crippen LogP contribution >= 0.6 is 11.5 Å². The zero-order chi connectivity index (χ0) is 18.9. The van der Waals surface area contributed by atoms with Gasteiger partial charge in [-0.05, 0) is 44.4 Å². The van der Waals surface area contributed by atoms with E-state index >= 15 is 0 Å². The molecular weight excluding hydrogens is 366 g/mol. The van der Waals surface area contributed by atoms with Crippen LogP contribution in [0, 0.1) is 0 Å². The highest BCUT2D eigenvalue weighted by Gasteiger charge is 2.36. The minimum atomic E-state index is -0.496. The molecule has 0 unspecified atom stereocenters. The van der Waals surface area contributed by atoms with Gasteiger partial charge in [-0.3, -0.25) is 0 Å². The van der Waals surface area contributed by atoms with Crippen molar-refractivity contribution in [2.45, 2.75) is 37.7 Å². The Bertz CT molecular complexity index is 802. The Balaban J connectivity index is 1.55. The van der Waals surface area contributed by atoms with Crippen LogP contribution in [0.15, 0.2) is 18.2 Å². The van der Waals surface area contributed by atoms with Crippen LogP contribution in [0.25, 0.3) is 0 Å². The number of anilines is 1. The molecule has 4 rings (SSSR count). The summed E-state index contributed by atoms with van der Waals surface area (Å²) in [4.78, 5) is 4.62. The molecule has 0 saturated carbocycles. The number of aromatic nitrogens is 2. The largest absolute Gasteiger partial charge is 0.454 e. The van der Waals surface area contributed by atoms with Crippen molar-refractivity contribution in [1.82, 2.24) is 9.36 Å². The molecule has 1 saturated heterocycles. The minimum absolute atomic E-state index is 0.0398. The predicted octanol–water partition coefficient (Wildman–Crippen LogP) is 3.31. The maximum Gasteiger partial charge on any atom is 0.231 e. The maximum atomic E-state index is 5.63. The fourth-order valence-electron chi connectivity index (χ4n) is 3.43. The van der Waals surface area contributed by atoms with Gasteiger partial charge in [0.25, 0.3) is 0 Å². The molecule has 8 heteroatoms. The number of fused-ring (bicyclic) bond motifs is 1. The molecule has 27 heavy (non-hydrogen) atoms. The van der Waals surface area contributed by atoms with Crippen molar-refractivity contribution in [1.29, 1.82) is 0 Å². The van der Waals surface area contributed by atoms with E-state index in [-0.39, 0.29) is 12.2 Å². The molecule has 2 aliphatic rings. The molecule has 1 fully saturated rings. The lowest BCUT2D eigenvalue weighted by atomic mass is 9.74. The highest BCUT2D eigenvalue weighted by Crippen LogP contribution is 2.41. The third-order valence-electron chi connectivity index (χ3n) is 5.49. The summed E-state index contributed by atoms with van der Waals surface area (Å²) in [6.07, 6.45) is 1.88. The Hall–Kier alpha value is -1.90. The number of nitrogens with one attached hydrogen (secondary N) is 1. The molecule has 2 aromatic rings. The summed E-state index contributed by atoms with van der Waals surface area (Å²) < 4.78 is 26.6. The Morgan fingerprint density at radius 3 is 2.78 bits per heavy atom. The van der Waals surface area contributed by atoms with Gasteiger partial charge in [0.1, 0.15) is 5.60 Å². The first-order valence-corrected chi connectivity index (χ1v) is 9.91. The zero-order valence-electron chi connectivity index (χ0n) is 15.9. The third kappa shape index (κ3) is 3.61. The van der Waals surface area contributed by atoms with Crippen molar-refractivity contribution in [2.75, 3.05) is 39.0 Å². The number of nitrogens with zero attached hydrogens (tertiary/aromatic N) is 2. The molecular formula is C19H25N3O4S. The molecule has 1 aromatic heterocycles. The van der Waals surface area contributed by atoms with E-state index in [1.54, 1.807) is 7.11 Å². The van der Waals surface area contributed by atoms with Gasteiger partial charge in [-0.1, -0.05) is 6.07 Å². The van der Waals surface area contributed by atoms with Gasteiger partial charge in [0, 0.05) is 43.8 Å². The quantitative estimate of drug-likeness (QED) is 0.810. The highest BCUT2D eigenvalue weighted by atomic mass is 32.1. The van der Waals surface area contributed by atoms with Gasteiger partial charge >= 0.3 is 0 Å². The standard InChI is InChI=1S/C19H25N3O4S/c1-18(2,23-3)16-21-17(27-22-16)20-11-19(6-8-24-9-7-19)13-4-5-14-15(10-13)26-12-25-14/h4-5,10H,6-9,11-12H2,1-3H3,(H,20,21,22). The Kier molecular flexibility index (Phi) is 4.96. The maximum absolute atomic E-state index is 5.63. The van der Waals surface area contributed by atoms with Gasteiger partial charge in [-0.25, -0.2) is 4.98 Å². The SMILES string of the molecule is COC(C)(C)c1nsc(NCC2(c3ccc4c(c3)OCO4)CCOCC2)n1. The molecule has 7 nitrogen and oxygen atoms in total. The summed E-state index contributed by atoms with van der Waals surface area (Å²) in [6, 6.07) is 6.24. The van der Waals surface area contributed by atoms with E-state index in [0.29, 0.717) is 5.82 Å². The molecule has 2 aliphatic heterocycles. The molecule has 0 radical (unpaired) electrons. The average Bonchev–Trinajstić information content (AvgIpc) is 3.36.